The number of aromatic hydroxyl groups is 1. The molecule has 0 bridgehead atoms. The maximum absolute atomic E-state index is 15.3. The van der Waals surface area contributed by atoms with Crippen molar-refractivity contribution in [1.82, 2.24) is 9.80 Å². The van der Waals surface area contributed by atoms with Crippen molar-refractivity contribution in [2.24, 2.45) is 17.6 Å². The van der Waals surface area contributed by atoms with Gasteiger partial charge in [0.1, 0.15) is 22.9 Å². The zero-order valence-corrected chi connectivity index (χ0v) is 22.0. The van der Waals surface area contributed by atoms with Gasteiger partial charge in [-0.25, -0.2) is 4.39 Å². The smallest absolute Gasteiger partial charge is 0.255 e. The molecule has 0 spiro atoms. The number of ketones is 2. The first-order chi connectivity index (χ1) is 18.7. The normalized spacial score (nSPS) is 28.5. The lowest BCUT2D eigenvalue weighted by molar-refractivity contribution is -0.144. The Morgan fingerprint density at radius 1 is 1.23 bits per heavy atom. The van der Waals surface area contributed by atoms with Gasteiger partial charge >= 0.3 is 0 Å². The molecule has 2 amide bonds. The third-order valence-electron chi connectivity index (χ3n) is 8.63. The van der Waals surface area contributed by atoms with E-state index in [1.165, 1.54) is 0 Å². The summed E-state index contributed by atoms with van der Waals surface area (Å²) < 4.78 is 15.3. The van der Waals surface area contributed by atoms with Crippen molar-refractivity contribution >= 4 is 29.1 Å². The predicted octanol–water partition coefficient (Wildman–Crippen LogP) is 0.294. The van der Waals surface area contributed by atoms with E-state index in [0.717, 1.165) is 12.5 Å². The van der Waals surface area contributed by atoms with Crippen LogP contribution in [0, 0.1) is 17.7 Å². The van der Waals surface area contributed by atoms with Gasteiger partial charge in [-0.3, -0.25) is 24.1 Å². The molecule has 0 radical (unpaired) electrons. The Hall–Kier alpha value is -3.81. The number of allylic oxidation sites excluding steroid dienone is 2. The van der Waals surface area contributed by atoms with Gasteiger partial charge < -0.3 is 36.4 Å². The quantitative estimate of drug-likeness (QED) is 0.216. The molecule has 3 aliphatic carbocycles. The second-order valence-electron chi connectivity index (χ2n) is 11.2. The summed E-state index contributed by atoms with van der Waals surface area (Å²) in [6.45, 7) is 1.33. The van der Waals surface area contributed by atoms with Crippen LogP contribution in [0.2, 0.25) is 0 Å². The third kappa shape index (κ3) is 4.16. The summed E-state index contributed by atoms with van der Waals surface area (Å²) in [4.78, 5) is 55.1. The van der Waals surface area contributed by atoms with Crippen molar-refractivity contribution in [3.8, 4) is 5.75 Å². The van der Waals surface area contributed by atoms with E-state index >= 15 is 4.39 Å². The third-order valence-corrected chi connectivity index (χ3v) is 8.63. The van der Waals surface area contributed by atoms with E-state index in [1.807, 2.05) is 19.0 Å². The Labute approximate surface area is 228 Å². The minimum absolute atomic E-state index is 0.0104. The van der Waals surface area contributed by atoms with Gasteiger partial charge in [-0.15, -0.1) is 0 Å². The number of anilines is 1. The number of amides is 2. The summed E-state index contributed by atoms with van der Waals surface area (Å²) in [5.74, 6) is -9.39. The van der Waals surface area contributed by atoms with Crippen LogP contribution in [0.15, 0.2) is 28.7 Å². The average molecular weight is 559 g/mol. The molecule has 5 rings (SSSR count). The zero-order chi connectivity index (χ0) is 29.3. The number of aliphatic hydroxyl groups is 3. The first-order valence-corrected chi connectivity index (χ1v) is 13.0. The number of primary amides is 1. The number of phenols is 1. The van der Waals surface area contributed by atoms with E-state index < -0.39 is 80.6 Å². The number of carbonyl (C=O) groups is 4. The van der Waals surface area contributed by atoms with Gasteiger partial charge in [0.15, 0.2) is 17.1 Å². The minimum atomic E-state index is -2.71. The second-order valence-corrected chi connectivity index (χ2v) is 11.2. The number of nitrogens with two attached hydrogens (primary N) is 1. The fraction of sp³-hybridized carbons (Fsp3) is 0.481. The molecule has 214 valence electrons. The van der Waals surface area contributed by atoms with Crippen LogP contribution in [0.5, 0.6) is 5.75 Å². The first kappa shape index (κ1) is 27.7. The van der Waals surface area contributed by atoms with E-state index in [2.05, 4.69) is 10.2 Å². The number of nitrogens with zero attached hydrogens (tertiary/aromatic N) is 2. The molecule has 13 heteroatoms. The molecule has 4 aliphatic rings. The van der Waals surface area contributed by atoms with Gasteiger partial charge in [0.05, 0.1) is 17.8 Å². The Kier molecular flexibility index (Phi) is 6.71. The summed E-state index contributed by atoms with van der Waals surface area (Å²) in [5.41, 5.74) is 0.230. The molecule has 1 saturated heterocycles. The molecule has 4 atom stereocenters. The molecule has 0 aromatic heterocycles. The number of rotatable bonds is 5. The predicted molar refractivity (Wildman–Crippen MR) is 138 cm³/mol. The number of benzene rings is 1. The molecule has 1 aliphatic heterocycles. The molecular weight excluding hydrogens is 527 g/mol. The first-order valence-electron chi connectivity index (χ1n) is 13.0. The molecule has 1 unspecified atom stereocenters. The van der Waals surface area contributed by atoms with Crippen molar-refractivity contribution in [2.45, 2.75) is 37.3 Å². The Morgan fingerprint density at radius 3 is 2.55 bits per heavy atom. The number of aliphatic hydroxyl groups excluding tert-OH is 2. The number of hydrogen-bond donors (Lipinski definition) is 6. The molecule has 0 saturated carbocycles. The molecule has 7 N–H and O–H groups in total. The Bertz CT molecular complexity index is 1420. The van der Waals surface area contributed by atoms with Crippen molar-refractivity contribution in [3.05, 3.63) is 45.7 Å². The lowest BCUT2D eigenvalue weighted by Gasteiger charge is -2.45. The van der Waals surface area contributed by atoms with Gasteiger partial charge in [0, 0.05) is 48.7 Å². The Balaban J connectivity index is 1.47. The molecule has 40 heavy (non-hydrogen) atoms. The number of phenolic OH excluding ortho intramolecular Hbond substituents is 1. The number of likely N-dealkylation sites (N-methyl/N-ethyl adjacent to an activating group) is 1. The van der Waals surface area contributed by atoms with Crippen molar-refractivity contribution in [2.75, 3.05) is 39.0 Å². The van der Waals surface area contributed by atoms with Gasteiger partial charge in [0.2, 0.25) is 11.7 Å². The van der Waals surface area contributed by atoms with E-state index in [4.69, 9.17) is 5.73 Å². The highest BCUT2D eigenvalue weighted by Gasteiger charge is 2.59. The van der Waals surface area contributed by atoms with Gasteiger partial charge in [-0.1, -0.05) is 0 Å². The second kappa shape index (κ2) is 9.68. The number of Topliss-reactive ketones (excluding diaryl/α,β-unsaturated/α-hetero) is 2. The number of halogens is 1. The fourth-order valence-corrected chi connectivity index (χ4v) is 6.51. The van der Waals surface area contributed by atoms with Crippen LogP contribution in [0.25, 0.3) is 0 Å². The standard InChI is InChI=1S/C27H31FN4O8/c1-31(2)13-3-4-32(9-13)10-18(34)30-16-8-15(28)14-6-11-5-12-7-17(33)21(26(29)39)25(38)27(12,40)24(37)19(11)23(36)20(14)22(16)35/h8,11-13,33,35,37,40H,3-7,9-10H2,1-2H3,(H2,29,39)(H,30,34)/t11?,12-,13-,27-/m0/s1. The van der Waals surface area contributed by atoms with E-state index in [-0.39, 0.29) is 43.1 Å². The van der Waals surface area contributed by atoms with Crippen molar-refractivity contribution in [1.29, 1.82) is 0 Å². The lowest BCUT2D eigenvalue weighted by Crippen LogP contribution is -2.57. The molecule has 1 heterocycles. The van der Waals surface area contributed by atoms with Crippen molar-refractivity contribution in [3.63, 3.8) is 0 Å². The number of fused-ring (bicyclic) bond motifs is 3. The molecular formula is C27H31FN4O8. The monoisotopic (exact) mass is 558 g/mol. The van der Waals surface area contributed by atoms with Crippen molar-refractivity contribution < 1.29 is 44.0 Å². The number of hydrogen-bond acceptors (Lipinski definition) is 10. The topological polar surface area (TPSA) is 194 Å². The highest BCUT2D eigenvalue weighted by atomic mass is 19.1. The summed E-state index contributed by atoms with van der Waals surface area (Å²) in [6.07, 6.45) is 0.229. The summed E-state index contributed by atoms with van der Waals surface area (Å²) in [6, 6.07) is 1.21. The molecule has 12 nitrogen and oxygen atoms in total. The zero-order valence-electron chi connectivity index (χ0n) is 22.0. The highest BCUT2D eigenvalue weighted by Crippen LogP contribution is 2.52. The number of likely N-dealkylation sites (tertiary alicyclic amines) is 1. The van der Waals surface area contributed by atoms with E-state index in [9.17, 15) is 39.6 Å². The average Bonchev–Trinajstić information content (AvgIpc) is 3.33. The molecule has 1 aromatic carbocycles. The highest BCUT2D eigenvalue weighted by molar-refractivity contribution is 6.24. The lowest BCUT2D eigenvalue weighted by atomic mass is 9.60. The van der Waals surface area contributed by atoms with Crippen LogP contribution in [-0.2, 0) is 20.8 Å². The van der Waals surface area contributed by atoms with Gasteiger partial charge in [-0.05, 0) is 39.3 Å². The molecule has 1 fully saturated rings. The summed E-state index contributed by atoms with van der Waals surface area (Å²) >= 11 is 0. The van der Waals surface area contributed by atoms with Crippen LogP contribution in [-0.4, -0.2) is 99.0 Å². The van der Waals surface area contributed by atoms with Crippen LogP contribution >= 0.6 is 0 Å². The van der Waals surface area contributed by atoms with Gasteiger partial charge in [0.25, 0.3) is 5.91 Å². The molecule has 1 aromatic rings. The minimum Gasteiger partial charge on any atom is -0.511 e. The number of carbonyl (C=O) groups excluding carboxylic acids is 4. The van der Waals surface area contributed by atoms with Gasteiger partial charge in [-0.2, -0.15) is 0 Å². The van der Waals surface area contributed by atoms with E-state index in [0.29, 0.717) is 13.1 Å². The largest absolute Gasteiger partial charge is 0.511 e. The van der Waals surface area contributed by atoms with Crippen LogP contribution in [0.1, 0.15) is 35.2 Å². The maximum Gasteiger partial charge on any atom is 0.255 e. The van der Waals surface area contributed by atoms with Crippen LogP contribution in [0.4, 0.5) is 10.1 Å². The van der Waals surface area contributed by atoms with Crippen LogP contribution < -0.4 is 11.1 Å². The summed E-state index contributed by atoms with van der Waals surface area (Å²) in [5, 5.41) is 46.0. The SMILES string of the molecule is CN(C)[C@H]1CCN(CC(=O)Nc2cc(F)c3c(c2O)C(=O)C2=C(O)[C@]4(O)C(=O)C(C(N)=O)=C(O)C[C@@H]4CC2C3)C1. The maximum atomic E-state index is 15.3. The van der Waals surface area contributed by atoms with Crippen LogP contribution in [0.3, 0.4) is 0 Å². The number of nitrogens with one attached hydrogen (secondary N) is 1. The Morgan fingerprint density at radius 2 is 1.93 bits per heavy atom. The fourth-order valence-electron chi connectivity index (χ4n) is 6.51. The summed E-state index contributed by atoms with van der Waals surface area (Å²) in [7, 11) is 3.90. The van der Waals surface area contributed by atoms with E-state index in [1.54, 1.807) is 0 Å².